The maximum atomic E-state index is 12.8. The molecule has 0 N–H and O–H groups in total. The summed E-state index contributed by atoms with van der Waals surface area (Å²) >= 11 is 0. The van der Waals surface area contributed by atoms with Gasteiger partial charge in [0.05, 0.1) is 10.8 Å². The minimum Gasteiger partial charge on any atom is -0.462 e. The zero-order valence-electron chi connectivity index (χ0n) is 17.1. The summed E-state index contributed by atoms with van der Waals surface area (Å²) in [6.07, 6.45) is 5.85. The molecule has 4 unspecified atom stereocenters. The third kappa shape index (κ3) is 4.77. The van der Waals surface area contributed by atoms with Crippen LogP contribution in [0.4, 0.5) is 0 Å². The predicted molar refractivity (Wildman–Crippen MR) is 98.0 cm³/mol. The Morgan fingerprint density at radius 3 is 2.04 bits per heavy atom. The summed E-state index contributed by atoms with van der Waals surface area (Å²) in [6, 6.07) is 0. The van der Waals surface area contributed by atoms with Crippen molar-refractivity contribution in [2.75, 3.05) is 0 Å². The fraction of sp³-hybridized carbons (Fsp3) is 0.905. The normalized spacial score (nSPS) is 28.5. The summed E-state index contributed by atoms with van der Waals surface area (Å²) in [5.41, 5.74) is -1.92. The molecule has 2 rings (SSSR count). The van der Waals surface area contributed by atoms with Crippen LogP contribution in [0.5, 0.6) is 0 Å². The van der Waals surface area contributed by atoms with E-state index >= 15 is 0 Å². The van der Waals surface area contributed by atoms with E-state index in [1.165, 1.54) is 19.3 Å². The molecule has 25 heavy (non-hydrogen) atoms. The Morgan fingerprint density at radius 1 is 0.960 bits per heavy atom. The third-order valence-corrected chi connectivity index (χ3v) is 5.99. The first kappa shape index (κ1) is 20.3. The fourth-order valence-corrected chi connectivity index (χ4v) is 4.42. The summed E-state index contributed by atoms with van der Waals surface area (Å²) in [6.45, 7) is 13.3. The molecule has 2 bridgehead atoms. The van der Waals surface area contributed by atoms with Crippen molar-refractivity contribution in [3.05, 3.63) is 0 Å². The van der Waals surface area contributed by atoms with E-state index in [0.717, 1.165) is 12.3 Å². The van der Waals surface area contributed by atoms with E-state index in [9.17, 15) is 9.59 Å². The number of hydrogen-bond acceptors (Lipinski definition) is 4. The van der Waals surface area contributed by atoms with Crippen LogP contribution < -0.4 is 0 Å². The fourth-order valence-electron chi connectivity index (χ4n) is 4.42. The first-order valence-corrected chi connectivity index (χ1v) is 9.81. The second-order valence-electron chi connectivity index (χ2n) is 10.1. The van der Waals surface area contributed by atoms with E-state index in [-0.39, 0.29) is 18.0 Å². The summed E-state index contributed by atoms with van der Waals surface area (Å²) in [5.74, 6) is 0.887. The van der Waals surface area contributed by atoms with Crippen molar-refractivity contribution in [3.63, 3.8) is 0 Å². The molecule has 0 aromatic rings. The van der Waals surface area contributed by atoms with Gasteiger partial charge < -0.3 is 9.47 Å². The lowest BCUT2D eigenvalue weighted by Crippen LogP contribution is -2.42. The van der Waals surface area contributed by atoms with Gasteiger partial charge in [-0.2, -0.15) is 0 Å². The molecule has 4 nitrogen and oxygen atoms in total. The van der Waals surface area contributed by atoms with E-state index in [2.05, 4.69) is 0 Å². The summed E-state index contributed by atoms with van der Waals surface area (Å²) in [4.78, 5) is 25.5. The van der Waals surface area contributed by atoms with Gasteiger partial charge in [0, 0.05) is 0 Å². The van der Waals surface area contributed by atoms with Crippen molar-refractivity contribution < 1.29 is 19.1 Å². The summed E-state index contributed by atoms with van der Waals surface area (Å²) in [7, 11) is 0. The Balaban J connectivity index is 2.01. The lowest BCUT2D eigenvalue weighted by atomic mass is 9.72. The quantitative estimate of drug-likeness (QED) is 0.639. The minimum absolute atomic E-state index is 0.0833. The number of carbonyl (C=O) groups excluding carboxylic acids is 2. The van der Waals surface area contributed by atoms with Crippen LogP contribution in [0.2, 0.25) is 0 Å². The van der Waals surface area contributed by atoms with Crippen LogP contribution in [0.3, 0.4) is 0 Å². The molecule has 4 atom stereocenters. The van der Waals surface area contributed by atoms with Crippen LogP contribution >= 0.6 is 0 Å². The van der Waals surface area contributed by atoms with Gasteiger partial charge in [0.15, 0.2) is 0 Å². The molecule has 0 aromatic heterocycles. The Hall–Kier alpha value is -1.06. The highest BCUT2D eigenvalue weighted by molar-refractivity contribution is 5.80. The third-order valence-electron chi connectivity index (χ3n) is 5.99. The van der Waals surface area contributed by atoms with Gasteiger partial charge >= 0.3 is 11.9 Å². The molecular weight excluding hydrogens is 316 g/mol. The Labute approximate surface area is 153 Å². The van der Waals surface area contributed by atoms with E-state index < -0.39 is 16.4 Å². The van der Waals surface area contributed by atoms with Gasteiger partial charge in [-0.25, -0.2) is 0 Å². The second-order valence-corrected chi connectivity index (χ2v) is 10.1. The van der Waals surface area contributed by atoms with Crippen LogP contribution in [-0.4, -0.2) is 23.6 Å². The van der Waals surface area contributed by atoms with Crippen molar-refractivity contribution in [1.29, 1.82) is 0 Å². The molecule has 0 heterocycles. The van der Waals surface area contributed by atoms with E-state index in [1.807, 2.05) is 48.5 Å². The van der Waals surface area contributed by atoms with E-state index in [4.69, 9.17) is 9.47 Å². The largest absolute Gasteiger partial charge is 0.462 e. The van der Waals surface area contributed by atoms with E-state index in [1.54, 1.807) is 0 Å². The lowest BCUT2D eigenvalue weighted by molar-refractivity contribution is -0.173. The molecule has 144 valence electrons. The first-order valence-electron chi connectivity index (χ1n) is 9.81. The number of fused-ring (bicyclic) bond motifs is 2. The van der Waals surface area contributed by atoms with Gasteiger partial charge in [-0.1, -0.05) is 6.92 Å². The van der Waals surface area contributed by atoms with Crippen molar-refractivity contribution in [3.8, 4) is 0 Å². The summed E-state index contributed by atoms with van der Waals surface area (Å²) < 4.78 is 11.5. The topological polar surface area (TPSA) is 52.6 Å². The zero-order chi connectivity index (χ0) is 19.0. The molecule has 4 heteroatoms. The van der Waals surface area contributed by atoms with Crippen molar-refractivity contribution in [1.82, 2.24) is 0 Å². The maximum absolute atomic E-state index is 12.8. The van der Waals surface area contributed by atoms with Gasteiger partial charge in [0.2, 0.25) is 0 Å². The van der Waals surface area contributed by atoms with Gasteiger partial charge in [-0.3, -0.25) is 9.59 Å². The van der Waals surface area contributed by atoms with Crippen LogP contribution in [0.15, 0.2) is 0 Å². The minimum atomic E-state index is -0.705. The van der Waals surface area contributed by atoms with Gasteiger partial charge in [0.25, 0.3) is 0 Å². The highest BCUT2D eigenvalue weighted by Gasteiger charge is 2.47. The van der Waals surface area contributed by atoms with Crippen LogP contribution in [0.1, 0.15) is 87.0 Å². The van der Waals surface area contributed by atoms with E-state index in [0.29, 0.717) is 18.8 Å². The SMILES string of the molecule is CCC(C)(CC(C)(C)C(=O)OC1CC2CCC1C2)C(=O)OC(C)(C)C. The Kier molecular flexibility index (Phi) is 5.61. The molecule has 0 saturated heterocycles. The maximum Gasteiger partial charge on any atom is 0.312 e. The average Bonchev–Trinajstić information content (AvgIpc) is 3.07. The number of carbonyl (C=O) groups is 2. The predicted octanol–water partition coefficient (Wildman–Crippen LogP) is 4.89. The van der Waals surface area contributed by atoms with Crippen LogP contribution in [-0.2, 0) is 19.1 Å². The van der Waals surface area contributed by atoms with Crippen LogP contribution in [0.25, 0.3) is 0 Å². The van der Waals surface area contributed by atoms with Crippen molar-refractivity contribution >= 4 is 11.9 Å². The van der Waals surface area contributed by atoms with Crippen molar-refractivity contribution in [2.24, 2.45) is 22.7 Å². The highest BCUT2D eigenvalue weighted by atomic mass is 16.6. The molecule has 2 aliphatic carbocycles. The monoisotopic (exact) mass is 352 g/mol. The van der Waals surface area contributed by atoms with Gasteiger partial charge in [-0.05, 0) is 91.9 Å². The lowest BCUT2D eigenvalue weighted by Gasteiger charge is -2.36. The molecule has 0 spiro atoms. The Bertz CT molecular complexity index is 516. The van der Waals surface area contributed by atoms with Crippen LogP contribution in [0, 0.1) is 22.7 Å². The standard InChI is InChI=1S/C21H36O4/c1-8-21(7,18(23)25-19(2,3)4)13-20(5,6)17(22)24-16-12-14-9-10-15(16)11-14/h14-16H,8-13H2,1-7H3. The molecule has 0 aromatic carbocycles. The van der Waals surface area contributed by atoms with Gasteiger partial charge in [-0.15, -0.1) is 0 Å². The molecule has 2 saturated carbocycles. The number of rotatable bonds is 6. The van der Waals surface area contributed by atoms with Gasteiger partial charge in [0.1, 0.15) is 11.7 Å². The molecule has 2 aliphatic rings. The second kappa shape index (κ2) is 6.92. The molecule has 2 fully saturated rings. The number of ether oxygens (including phenoxy) is 2. The average molecular weight is 353 g/mol. The van der Waals surface area contributed by atoms with Crippen molar-refractivity contribution in [2.45, 2.75) is 98.7 Å². The molecule has 0 radical (unpaired) electrons. The molecular formula is C21H36O4. The first-order chi connectivity index (χ1) is 11.4. The Morgan fingerprint density at radius 2 is 1.60 bits per heavy atom. The number of esters is 2. The molecule has 0 aliphatic heterocycles. The zero-order valence-corrected chi connectivity index (χ0v) is 17.1. The highest BCUT2D eigenvalue weighted by Crippen LogP contribution is 2.47. The molecule has 0 amide bonds. The number of hydrogen-bond donors (Lipinski definition) is 0. The smallest absolute Gasteiger partial charge is 0.312 e. The summed E-state index contributed by atoms with van der Waals surface area (Å²) in [5, 5.41) is 0.